The number of carbonyl (C=O) groups is 1. The first-order valence-corrected chi connectivity index (χ1v) is 7.00. The first-order chi connectivity index (χ1) is 9.69. The van der Waals surface area contributed by atoms with E-state index in [0.717, 1.165) is 43.8 Å². The van der Waals surface area contributed by atoms with Gasteiger partial charge in [-0.15, -0.1) is 0 Å². The van der Waals surface area contributed by atoms with Crippen molar-refractivity contribution in [3.63, 3.8) is 0 Å². The highest BCUT2D eigenvalue weighted by Crippen LogP contribution is 2.21. The van der Waals surface area contributed by atoms with Crippen molar-refractivity contribution in [2.75, 3.05) is 26.7 Å². The molecule has 0 spiro atoms. The van der Waals surface area contributed by atoms with Crippen molar-refractivity contribution in [1.82, 2.24) is 10.2 Å². The average molecular weight is 278 g/mol. The number of likely N-dealkylation sites (N-methyl/N-ethyl adjacent to an activating group) is 1. The van der Waals surface area contributed by atoms with Gasteiger partial charge in [-0.2, -0.15) is 0 Å². The van der Waals surface area contributed by atoms with Crippen LogP contribution in [0.3, 0.4) is 0 Å². The molecule has 1 aromatic carbocycles. The standard InChI is InChI=1S/C15H22N2O3/c1-16-15(19)11-20-14-5-3-2-4-12(14)10-17-8-6-13(18)7-9-17/h2-5,13,18H,6-11H2,1H3,(H,16,19). The summed E-state index contributed by atoms with van der Waals surface area (Å²) in [4.78, 5) is 13.5. The van der Waals surface area contributed by atoms with Crippen LogP contribution in [-0.2, 0) is 11.3 Å². The van der Waals surface area contributed by atoms with Crippen LogP contribution in [0.4, 0.5) is 0 Å². The predicted octanol–water partition coefficient (Wildman–Crippen LogP) is 0.768. The summed E-state index contributed by atoms with van der Waals surface area (Å²) in [6.07, 6.45) is 1.48. The lowest BCUT2D eigenvalue weighted by Gasteiger charge is -2.29. The van der Waals surface area contributed by atoms with Gasteiger partial charge in [0.15, 0.2) is 6.61 Å². The van der Waals surface area contributed by atoms with Crippen molar-refractivity contribution in [2.24, 2.45) is 0 Å². The molecular weight excluding hydrogens is 256 g/mol. The number of aliphatic hydroxyl groups is 1. The van der Waals surface area contributed by atoms with Crippen molar-refractivity contribution in [3.05, 3.63) is 29.8 Å². The number of nitrogens with zero attached hydrogens (tertiary/aromatic N) is 1. The minimum absolute atomic E-state index is 0.0340. The van der Waals surface area contributed by atoms with Gasteiger partial charge in [0.05, 0.1) is 6.10 Å². The van der Waals surface area contributed by atoms with E-state index in [1.165, 1.54) is 0 Å². The van der Waals surface area contributed by atoms with Crippen LogP contribution >= 0.6 is 0 Å². The predicted molar refractivity (Wildman–Crippen MR) is 76.5 cm³/mol. The van der Waals surface area contributed by atoms with Crippen LogP contribution in [0, 0.1) is 0 Å². The maximum absolute atomic E-state index is 11.2. The van der Waals surface area contributed by atoms with Gasteiger partial charge in [0, 0.05) is 32.2 Å². The third-order valence-electron chi connectivity index (χ3n) is 3.56. The Kier molecular flexibility index (Phi) is 5.38. The number of hydrogen-bond donors (Lipinski definition) is 2. The second kappa shape index (κ2) is 7.26. The van der Waals surface area contributed by atoms with E-state index < -0.39 is 0 Å². The maximum Gasteiger partial charge on any atom is 0.257 e. The van der Waals surface area contributed by atoms with Crippen LogP contribution in [0.15, 0.2) is 24.3 Å². The van der Waals surface area contributed by atoms with E-state index in [4.69, 9.17) is 4.74 Å². The molecule has 5 nitrogen and oxygen atoms in total. The molecule has 2 rings (SSSR count). The third-order valence-corrected chi connectivity index (χ3v) is 3.56. The Morgan fingerprint density at radius 1 is 1.40 bits per heavy atom. The molecule has 1 aromatic rings. The zero-order chi connectivity index (χ0) is 14.4. The van der Waals surface area contributed by atoms with E-state index in [2.05, 4.69) is 10.2 Å². The number of hydrogen-bond acceptors (Lipinski definition) is 4. The van der Waals surface area contributed by atoms with E-state index in [1.54, 1.807) is 7.05 Å². The van der Waals surface area contributed by atoms with E-state index in [-0.39, 0.29) is 18.6 Å². The van der Waals surface area contributed by atoms with Gasteiger partial charge in [-0.25, -0.2) is 0 Å². The first-order valence-electron chi connectivity index (χ1n) is 7.00. The van der Waals surface area contributed by atoms with Crippen LogP contribution in [-0.4, -0.2) is 48.8 Å². The topological polar surface area (TPSA) is 61.8 Å². The fraction of sp³-hybridized carbons (Fsp3) is 0.533. The Morgan fingerprint density at radius 3 is 2.80 bits per heavy atom. The molecule has 0 bridgehead atoms. The number of amides is 1. The van der Waals surface area contributed by atoms with Crippen LogP contribution in [0.25, 0.3) is 0 Å². The van der Waals surface area contributed by atoms with Gasteiger partial charge in [-0.05, 0) is 18.9 Å². The summed E-state index contributed by atoms with van der Waals surface area (Å²) in [6, 6.07) is 7.78. The molecule has 1 aliphatic heterocycles. The number of ether oxygens (including phenoxy) is 1. The van der Waals surface area contributed by atoms with Gasteiger partial charge < -0.3 is 15.2 Å². The lowest BCUT2D eigenvalue weighted by atomic mass is 10.1. The summed E-state index contributed by atoms with van der Waals surface area (Å²) in [7, 11) is 1.59. The highest BCUT2D eigenvalue weighted by Gasteiger charge is 2.18. The molecule has 1 heterocycles. The van der Waals surface area contributed by atoms with Crippen LogP contribution in [0.1, 0.15) is 18.4 Å². The smallest absolute Gasteiger partial charge is 0.257 e. The molecule has 2 N–H and O–H groups in total. The highest BCUT2D eigenvalue weighted by molar-refractivity contribution is 5.77. The number of likely N-dealkylation sites (tertiary alicyclic amines) is 1. The molecule has 0 saturated carbocycles. The summed E-state index contributed by atoms with van der Waals surface area (Å²) in [5, 5.41) is 12.1. The van der Waals surface area contributed by atoms with Gasteiger partial charge in [-0.3, -0.25) is 9.69 Å². The van der Waals surface area contributed by atoms with Crippen molar-refractivity contribution in [1.29, 1.82) is 0 Å². The molecule has 110 valence electrons. The third kappa shape index (κ3) is 4.21. The fourth-order valence-corrected chi connectivity index (χ4v) is 2.31. The Labute approximate surface area is 119 Å². The molecule has 1 aliphatic rings. The fourth-order valence-electron chi connectivity index (χ4n) is 2.31. The van der Waals surface area contributed by atoms with Gasteiger partial charge in [0.25, 0.3) is 5.91 Å². The van der Waals surface area contributed by atoms with Gasteiger partial charge >= 0.3 is 0 Å². The molecule has 1 saturated heterocycles. The van der Waals surface area contributed by atoms with E-state index >= 15 is 0 Å². The zero-order valence-electron chi connectivity index (χ0n) is 11.8. The number of para-hydroxylation sites is 1. The lowest BCUT2D eigenvalue weighted by Crippen LogP contribution is -2.35. The first kappa shape index (κ1) is 14.8. The molecule has 0 aliphatic carbocycles. The lowest BCUT2D eigenvalue weighted by molar-refractivity contribution is -0.122. The Morgan fingerprint density at radius 2 is 2.10 bits per heavy atom. The number of rotatable bonds is 5. The zero-order valence-corrected chi connectivity index (χ0v) is 11.8. The summed E-state index contributed by atoms with van der Waals surface area (Å²) in [5.74, 6) is 0.614. The molecular formula is C15H22N2O3. The molecule has 1 amide bonds. The van der Waals surface area contributed by atoms with Crippen molar-refractivity contribution in [3.8, 4) is 5.75 Å². The Balaban J connectivity index is 1.95. The number of aliphatic hydroxyl groups excluding tert-OH is 1. The van der Waals surface area contributed by atoms with Gasteiger partial charge in [0.2, 0.25) is 0 Å². The van der Waals surface area contributed by atoms with Crippen molar-refractivity contribution >= 4 is 5.91 Å². The average Bonchev–Trinajstić information content (AvgIpc) is 2.48. The van der Waals surface area contributed by atoms with Crippen molar-refractivity contribution in [2.45, 2.75) is 25.5 Å². The van der Waals surface area contributed by atoms with E-state index in [1.807, 2.05) is 24.3 Å². The van der Waals surface area contributed by atoms with E-state index in [9.17, 15) is 9.90 Å². The quantitative estimate of drug-likeness (QED) is 0.835. The van der Waals surface area contributed by atoms with Crippen LogP contribution < -0.4 is 10.1 Å². The molecule has 0 aromatic heterocycles. The normalized spacial score (nSPS) is 16.9. The molecule has 0 atom stereocenters. The summed E-state index contributed by atoms with van der Waals surface area (Å²) in [6.45, 7) is 2.61. The summed E-state index contributed by atoms with van der Waals surface area (Å²) < 4.78 is 5.56. The summed E-state index contributed by atoms with van der Waals surface area (Å²) >= 11 is 0. The Bertz CT molecular complexity index is 442. The summed E-state index contributed by atoms with van der Waals surface area (Å²) in [5.41, 5.74) is 1.08. The van der Waals surface area contributed by atoms with Gasteiger partial charge in [-0.1, -0.05) is 18.2 Å². The molecule has 0 unspecified atom stereocenters. The molecule has 5 heteroatoms. The number of nitrogens with one attached hydrogen (secondary N) is 1. The van der Waals surface area contributed by atoms with Crippen LogP contribution in [0.2, 0.25) is 0 Å². The molecule has 0 radical (unpaired) electrons. The second-order valence-corrected chi connectivity index (χ2v) is 5.08. The SMILES string of the molecule is CNC(=O)COc1ccccc1CN1CCC(O)CC1. The molecule has 1 fully saturated rings. The largest absolute Gasteiger partial charge is 0.483 e. The van der Waals surface area contributed by atoms with E-state index in [0.29, 0.717) is 0 Å². The highest BCUT2D eigenvalue weighted by atomic mass is 16.5. The number of benzene rings is 1. The number of carbonyl (C=O) groups excluding carboxylic acids is 1. The monoisotopic (exact) mass is 278 g/mol. The minimum Gasteiger partial charge on any atom is -0.483 e. The minimum atomic E-state index is -0.161. The maximum atomic E-state index is 11.2. The second-order valence-electron chi connectivity index (χ2n) is 5.08. The van der Waals surface area contributed by atoms with Crippen LogP contribution in [0.5, 0.6) is 5.75 Å². The van der Waals surface area contributed by atoms with Crippen molar-refractivity contribution < 1.29 is 14.6 Å². The number of piperidine rings is 1. The molecule has 20 heavy (non-hydrogen) atoms. The Hall–Kier alpha value is -1.59. The van der Waals surface area contributed by atoms with Gasteiger partial charge in [0.1, 0.15) is 5.75 Å².